The number of rotatable bonds is 19. The molecule has 0 saturated carbocycles. The SMILES string of the molecule is CCCCCCCOc1cc(Sc2nnc(CCCCCC)n2C)ccc1COc1ccc(CC(=O)O)cc1. The van der Waals surface area contributed by atoms with Gasteiger partial charge < -0.3 is 19.1 Å². The number of hydrogen-bond acceptors (Lipinski definition) is 6. The van der Waals surface area contributed by atoms with E-state index in [9.17, 15) is 4.79 Å². The number of hydrogen-bond donors (Lipinski definition) is 1. The summed E-state index contributed by atoms with van der Waals surface area (Å²) >= 11 is 1.59. The average molecular weight is 554 g/mol. The fraction of sp³-hybridized carbons (Fsp3) is 0.516. The number of unbranched alkanes of at least 4 members (excludes halogenated alkanes) is 7. The number of carboxylic acid groups (broad SMARTS) is 1. The fourth-order valence-corrected chi connectivity index (χ4v) is 5.08. The van der Waals surface area contributed by atoms with Crippen molar-refractivity contribution in [1.82, 2.24) is 14.8 Å². The third-order valence-electron chi connectivity index (χ3n) is 6.61. The second kappa shape index (κ2) is 16.9. The van der Waals surface area contributed by atoms with Crippen molar-refractivity contribution in [1.29, 1.82) is 0 Å². The van der Waals surface area contributed by atoms with E-state index in [1.807, 2.05) is 19.2 Å². The Labute approximate surface area is 237 Å². The lowest BCUT2D eigenvalue weighted by Gasteiger charge is -2.14. The number of benzene rings is 2. The zero-order valence-corrected chi connectivity index (χ0v) is 24.5. The van der Waals surface area contributed by atoms with Crippen LogP contribution < -0.4 is 9.47 Å². The highest BCUT2D eigenvalue weighted by Gasteiger charge is 2.13. The lowest BCUT2D eigenvalue weighted by molar-refractivity contribution is -0.136. The lowest BCUT2D eigenvalue weighted by atomic mass is 10.1. The average Bonchev–Trinajstić information content (AvgIpc) is 3.27. The number of aryl methyl sites for hydroxylation is 1. The molecule has 1 N–H and O–H groups in total. The third kappa shape index (κ3) is 10.6. The Bertz CT molecular complexity index is 1150. The molecule has 2 aromatic carbocycles. The standard InChI is InChI=1S/C31H43N3O4S/c1-4-6-8-10-12-20-37-28-22-27(39-31-33-32-29(34(31)3)13-11-9-7-5-2)19-16-25(28)23-38-26-17-14-24(15-18-26)21-30(35)36/h14-19,22H,4-13,20-21,23H2,1-3H3,(H,35,36). The summed E-state index contributed by atoms with van der Waals surface area (Å²) < 4.78 is 14.4. The van der Waals surface area contributed by atoms with E-state index in [-0.39, 0.29) is 6.42 Å². The Morgan fingerprint density at radius 2 is 1.62 bits per heavy atom. The van der Waals surface area contributed by atoms with Gasteiger partial charge in [-0.15, -0.1) is 10.2 Å². The fourth-order valence-electron chi connectivity index (χ4n) is 4.25. The van der Waals surface area contributed by atoms with Crippen LogP contribution in [0, 0.1) is 0 Å². The first-order valence-corrected chi connectivity index (χ1v) is 15.1. The van der Waals surface area contributed by atoms with E-state index in [1.165, 1.54) is 38.5 Å². The van der Waals surface area contributed by atoms with Gasteiger partial charge in [-0.3, -0.25) is 4.79 Å². The quantitative estimate of drug-likeness (QED) is 0.153. The molecule has 0 aliphatic carbocycles. The van der Waals surface area contributed by atoms with Gasteiger partial charge in [0, 0.05) is 23.9 Å². The van der Waals surface area contributed by atoms with Crippen LogP contribution in [0.2, 0.25) is 0 Å². The molecule has 1 aromatic heterocycles. The minimum absolute atomic E-state index is 0.00151. The van der Waals surface area contributed by atoms with Crippen LogP contribution in [0.15, 0.2) is 52.5 Å². The van der Waals surface area contributed by atoms with Gasteiger partial charge in [0.15, 0.2) is 5.16 Å². The molecule has 39 heavy (non-hydrogen) atoms. The van der Waals surface area contributed by atoms with E-state index in [2.05, 4.69) is 46.8 Å². The molecule has 0 aliphatic heterocycles. The largest absolute Gasteiger partial charge is 0.493 e. The maximum absolute atomic E-state index is 10.9. The number of aliphatic carboxylic acids is 1. The summed E-state index contributed by atoms with van der Waals surface area (Å²) in [6.45, 7) is 5.47. The number of carbonyl (C=O) groups is 1. The van der Waals surface area contributed by atoms with Gasteiger partial charge in [0.25, 0.3) is 0 Å². The second-order valence-corrected chi connectivity index (χ2v) is 10.9. The maximum Gasteiger partial charge on any atom is 0.307 e. The summed E-state index contributed by atoms with van der Waals surface area (Å²) in [5.74, 6) is 1.69. The van der Waals surface area contributed by atoms with Crippen LogP contribution in [-0.4, -0.2) is 32.4 Å². The highest BCUT2D eigenvalue weighted by atomic mass is 32.2. The van der Waals surface area contributed by atoms with Crippen LogP contribution in [0.5, 0.6) is 11.5 Å². The summed E-state index contributed by atoms with van der Waals surface area (Å²) in [4.78, 5) is 12.0. The molecule has 1 heterocycles. The molecule has 0 saturated heterocycles. The predicted octanol–water partition coefficient (Wildman–Crippen LogP) is 7.64. The monoisotopic (exact) mass is 553 g/mol. The number of aromatic nitrogens is 3. The Morgan fingerprint density at radius 1 is 0.897 bits per heavy atom. The van der Waals surface area contributed by atoms with Gasteiger partial charge in [-0.1, -0.05) is 77.0 Å². The van der Waals surface area contributed by atoms with Crippen molar-refractivity contribution in [2.75, 3.05) is 6.61 Å². The molecule has 0 radical (unpaired) electrons. The zero-order chi connectivity index (χ0) is 27.9. The van der Waals surface area contributed by atoms with Crippen molar-refractivity contribution in [3.8, 4) is 11.5 Å². The first kappa shape index (κ1) is 30.5. The molecule has 0 fully saturated rings. The van der Waals surface area contributed by atoms with Gasteiger partial charge >= 0.3 is 5.97 Å². The Morgan fingerprint density at radius 3 is 2.33 bits per heavy atom. The molecule has 0 amide bonds. The molecule has 8 heteroatoms. The van der Waals surface area contributed by atoms with Crippen LogP contribution in [-0.2, 0) is 31.3 Å². The van der Waals surface area contributed by atoms with Crippen molar-refractivity contribution in [3.63, 3.8) is 0 Å². The molecule has 0 unspecified atom stereocenters. The van der Waals surface area contributed by atoms with Crippen LogP contribution in [0.3, 0.4) is 0 Å². The smallest absolute Gasteiger partial charge is 0.307 e. The summed E-state index contributed by atoms with van der Waals surface area (Å²) in [7, 11) is 2.04. The number of ether oxygens (including phenoxy) is 2. The summed E-state index contributed by atoms with van der Waals surface area (Å²) in [5.41, 5.74) is 1.72. The highest BCUT2D eigenvalue weighted by Crippen LogP contribution is 2.32. The van der Waals surface area contributed by atoms with Crippen molar-refractivity contribution in [2.45, 2.75) is 101 Å². The molecule has 3 aromatic rings. The molecular weight excluding hydrogens is 510 g/mol. The second-order valence-electron chi connectivity index (χ2n) is 9.91. The Hall–Kier alpha value is -3.00. The molecule has 0 atom stereocenters. The molecule has 0 aliphatic rings. The van der Waals surface area contributed by atoms with Gasteiger partial charge in [0.05, 0.1) is 13.0 Å². The lowest BCUT2D eigenvalue weighted by Crippen LogP contribution is -2.04. The first-order valence-electron chi connectivity index (χ1n) is 14.3. The molecule has 0 spiro atoms. The van der Waals surface area contributed by atoms with Crippen molar-refractivity contribution in [3.05, 3.63) is 59.4 Å². The van der Waals surface area contributed by atoms with E-state index < -0.39 is 5.97 Å². The van der Waals surface area contributed by atoms with Crippen LogP contribution in [0.25, 0.3) is 0 Å². The summed E-state index contributed by atoms with van der Waals surface area (Å²) in [6, 6.07) is 13.4. The van der Waals surface area contributed by atoms with E-state index in [4.69, 9.17) is 14.6 Å². The van der Waals surface area contributed by atoms with Gasteiger partial charge in [0.1, 0.15) is 23.9 Å². The minimum Gasteiger partial charge on any atom is -0.493 e. The number of carboxylic acids is 1. The summed E-state index contributed by atoms with van der Waals surface area (Å²) in [5, 5.41) is 18.7. The summed E-state index contributed by atoms with van der Waals surface area (Å²) in [6.07, 6.45) is 11.7. The van der Waals surface area contributed by atoms with Crippen LogP contribution >= 0.6 is 11.8 Å². The van der Waals surface area contributed by atoms with Gasteiger partial charge in [-0.05, 0) is 54.4 Å². The normalized spacial score (nSPS) is 11.1. The van der Waals surface area contributed by atoms with E-state index in [0.717, 1.165) is 58.4 Å². The zero-order valence-electron chi connectivity index (χ0n) is 23.7. The molecule has 0 bridgehead atoms. The maximum atomic E-state index is 10.9. The highest BCUT2D eigenvalue weighted by molar-refractivity contribution is 7.99. The number of nitrogens with zero attached hydrogens (tertiary/aromatic N) is 3. The van der Waals surface area contributed by atoms with E-state index >= 15 is 0 Å². The van der Waals surface area contributed by atoms with Gasteiger partial charge in [-0.2, -0.15) is 0 Å². The van der Waals surface area contributed by atoms with Gasteiger partial charge in [0.2, 0.25) is 0 Å². The topological polar surface area (TPSA) is 86.5 Å². The molecule has 3 rings (SSSR count). The predicted molar refractivity (Wildman–Crippen MR) is 156 cm³/mol. The van der Waals surface area contributed by atoms with Crippen molar-refractivity contribution < 1.29 is 19.4 Å². The Balaban J connectivity index is 1.66. The minimum atomic E-state index is -0.845. The van der Waals surface area contributed by atoms with E-state index in [1.54, 1.807) is 23.9 Å². The molecule has 212 valence electrons. The van der Waals surface area contributed by atoms with Crippen molar-refractivity contribution in [2.24, 2.45) is 7.05 Å². The molecule has 7 nitrogen and oxygen atoms in total. The third-order valence-corrected chi connectivity index (χ3v) is 7.63. The van der Waals surface area contributed by atoms with Crippen LogP contribution in [0.4, 0.5) is 0 Å². The van der Waals surface area contributed by atoms with E-state index in [0.29, 0.717) is 19.0 Å². The van der Waals surface area contributed by atoms with Crippen molar-refractivity contribution >= 4 is 17.7 Å². The molecular formula is C31H43N3O4S. The Kier molecular flexibility index (Phi) is 13.2. The van der Waals surface area contributed by atoms with Gasteiger partial charge in [-0.25, -0.2) is 0 Å². The van der Waals surface area contributed by atoms with Crippen LogP contribution in [0.1, 0.15) is 88.6 Å². The first-order chi connectivity index (χ1) is 19.0.